The number of carbonyl (C=O) groups is 1. The van der Waals surface area contributed by atoms with E-state index in [0.29, 0.717) is 29.6 Å². The summed E-state index contributed by atoms with van der Waals surface area (Å²) in [4.78, 5) is 12.2. The summed E-state index contributed by atoms with van der Waals surface area (Å²) >= 11 is 5.86. The monoisotopic (exact) mass is 380 g/mol. The van der Waals surface area contributed by atoms with Gasteiger partial charge >= 0.3 is 0 Å². The van der Waals surface area contributed by atoms with E-state index in [9.17, 15) is 4.79 Å². The van der Waals surface area contributed by atoms with E-state index in [1.165, 1.54) is 11.1 Å². The highest BCUT2D eigenvalue weighted by Crippen LogP contribution is 2.10. The molecule has 2 N–H and O–H groups in total. The van der Waals surface area contributed by atoms with Gasteiger partial charge in [-0.15, -0.1) is 10.2 Å². The smallest absolute Gasteiger partial charge is 0.271 e. The minimum atomic E-state index is -0.235. The van der Waals surface area contributed by atoms with Crippen molar-refractivity contribution in [1.82, 2.24) is 15.5 Å². The van der Waals surface area contributed by atoms with Gasteiger partial charge in [0, 0.05) is 18.1 Å². The van der Waals surface area contributed by atoms with Crippen LogP contribution in [0.5, 0.6) is 0 Å². The van der Waals surface area contributed by atoms with E-state index in [1.807, 2.05) is 30.3 Å². The van der Waals surface area contributed by atoms with Crippen molar-refractivity contribution >= 4 is 23.3 Å². The van der Waals surface area contributed by atoms with Gasteiger partial charge in [-0.25, -0.2) is 0 Å². The Kier molecular flexibility index (Phi) is 6.39. The highest BCUT2D eigenvalue weighted by molar-refractivity contribution is 6.30. The maximum atomic E-state index is 12.2. The quantitative estimate of drug-likeness (QED) is 0.649. The first-order valence-corrected chi connectivity index (χ1v) is 9.14. The van der Waals surface area contributed by atoms with Gasteiger partial charge in [0.1, 0.15) is 5.82 Å². The lowest BCUT2D eigenvalue weighted by Crippen LogP contribution is -2.26. The van der Waals surface area contributed by atoms with Crippen molar-refractivity contribution < 1.29 is 4.79 Å². The van der Waals surface area contributed by atoms with Crippen LogP contribution in [0.1, 0.15) is 27.2 Å². The van der Waals surface area contributed by atoms with Gasteiger partial charge in [-0.2, -0.15) is 0 Å². The molecule has 2 aromatic carbocycles. The fraction of sp³-hybridized carbons (Fsp3) is 0.190. The summed E-state index contributed by atoms with van der Waals surface area (Å²) in [6, 6.07) is 19.3. The number of aromatic nitrogens is 2. The molecule has 5 nitrogen and oxygen atoms in total. The van der Waals surface area contributed by atoms with Crippen molar-refractivity contribution in [3.05, 3.63) is 88.1 Å². The van der Waals surface area contributed by atoms with Crippen molar-refractivity contribution in [2.45, 2.75) is 19.9 Å². The molecular formula is C21H21ClN4O. The van der Waals surface area contributed by atoms with Gasteiger partial charge < -0.3 is 10.6 Å². The third-order valence-corrected chi connectivity index (χ3v) is 4.32. The minimum absolute atomic E-state index is 0.235. The molecule has 0 fully saturated rings. The van der Waals surface area contributed by atoms with Gasteiger partial charge in [0.2, 0.25) is 0 Å². The zero-order valence-electron chi connectivity index (χ0n) is 15.1. The molecule has 0 aliphatic rings. The molecule has 138 valence electrons. The number of halogens is 1. The van der Waals surface area contributed by atoms with Crippen LogP contribution >= 0.6 is 11.6 Å². The fourth-order valence-corrected chi connectivity index (χ4v) is 2.75. The molecule has 1 aromatic heterocycles. The van der Waals surface area contributed by atoms with Crippen molar-refractivity contribution in [3.63, 3.8) is 0 Å². The van der Waals surface area contributed by atoms with Crippen LogP contribution in [0.2, 0.25) is 5.02 Å². The van der Waals surface area contributed by atoms with Gasteiger partial charge in [-0.05, 0) is 48.7 Å². The Balaban J connectivity index is 1.47. The fourth-order valence-electron chi connectivity index (χ4n) is 2.62. The van der Waals surface area contributed by atoms with E-state index < -0.39 is 0 Å². The summed E-state index contributed by atoms with van der Waals surface area (Å²) in [6.07, 6.45) is 0.729. The molecule has 6 heteroatoms. The normalized spacial score (nSPS) is 10.4. The van der Waals surface area contributed by atoms with Gasteiger partial charge in [-0.3, -0.25) is 4.79 Å². The van der Waals surface area contributed by atoms with Crippen LogP contribution in [0.15, 0.2) is 60.7 Å². The number of nitrogens with one attached hydrogen (secondary N) is 2. The van der Waals surface area contributed by atoms with Crippen molar-refractivity contribution in [2.24, 2.45) is 0 Å². The number of anilines is 1. The van der Waals surface area contributed by atoms with Crippen LogP contribution in [0.4, 0.5) is 5.82 Å². The average Bonchev–Trinajstić information content (AvgIpc) is 2.68. The molecule has 27 heavy (non-hydrogen) atoms. The molecule has 0 radical (unpaired) electrons. The molecule has 0 aliphatic heterocycles. The number of hydrogen-bond donors (Lipinski definition) is 2. The van der Waals surface area contributed by atoms with Gasteiger partial charge in [-0.1, -0.05) is 53.6 Å². The average molecular weight is 381 g/mol. The highest BCUT2D eigenvalue weighted by atomic mass is 35.5. The Morgan fingerprint density at radius 2 is 1.81 bits per heavy atom. The van der Waals surface area contributed by atoms with E-state index in [1.54, 1.807) is 12.1 Å². The number of aryl methyl sites for hydroxylation is 1. The zero-order chi connectivity index (χ0) is 19.1. The molecule has 0 unspecified atom stereocenters. The number of rotatable bonds is 7. The highest BCUT2D eigenvalue weighted by Gasteiger charge is 2.08. The molecule has 0 atom stereocenters. The second-order valence-electron chi connectivity index (χ2n) is 6.28. The standard InChI is InChI=1S/C21H21ClN4O/c1-15-3-2-4-17(13-15)14-24-20-10-9-19(25-26-20)21(27)23-12-11-16-5-7-18(22)8-6-16/h2-10,13H,11-12,14H2,1H3,(H,23,27)(H,24,26). The maximum absolute atomic E-state index is 12.2. The van der Waals surface area contributed by atoms with Crippen LogP contribution < -0.4 is 10.6 Å². The van der Waals surface area contributed by atoms with E-state index in [-0.39, 0.29) is 5.91 Å². The second-order valence-corrected chi connectivity index (χ2v) is 6.72. The molecule has 0 bridgehead atoms. The molecule has 0 saturated carbocycles. The van der Waals surface area contributed by atoms with Crippen LogP contribution in [0.3, 0.4) is 0 Å². The topological polar surface area (TPSA) is 66.9 Å². The largest absolute Gasteiger partial charge is 0.365 e. The number of hydrogen-bond acceptors (Lipinski definition) is 4. The first kappa shape index (κ1) is 18.9. The third-order valence-electron chi connectivity index (χ3n) is 4.07. The molecular weight excluding hydrogens is 360 g/mol. The number of carbonyl (C=O) groups excluding carboxylic acids is 1. The van der Waals surface area contributed by atoms with Crippen LogP contribution in [-0.4, -0.2) is 22.6 Å². The van der Waals surface area contributed by atoms with E-state index >= 15 is 0 Å². The molecule has 3 aromatic rings. The predicted octanol–water partition coefficient (Wildman–Crippen LogP) is 4.02. The Morgan fingerprint density at radius 3 is 2.52 bits per heavy atom. The lowest BCUT2D eigenvalue weighted by Gasteiger charge is -2.07. The predicted molar refractivity (Wildman–Crippen MR) is 108 cm³/mol. The maximum Gasteiger partial charge on any atom is 0.271 e. The summed E-state index contributed by atoms with van der Waals surface area (Å²) in [5, 5.41) is 14.8. The van der Waals surface area contributed by atoms with Crippen molar-refractivity contribution in [3.8, 4) is 0 Å². The Morgan fingerprint density at radius 1 is 1.00 bits per heavy atom. The van der Waals surface area contributed by atoms with Crippen molar-refractivity contribution in [1.29, 1.82) is 0 Å². The molecule has 1 heterocycles. The molecule has 1 amide bonds. The molecule has 0 spiro atoms. The Labute approximate surface area is 163 Å². The lowest BCUT2D eigenvalue weighted by atomic mass is 10.1. The molecule has 3 rings (SSSR count). The van der Waals surface area contributed by atoms with Crippen molar-refractivity contribution in [2.75, 3.05) is 11.9 Å². The van der Waals surface area contributed by atoms with E-state index in [0.717, 1.165) is 12.0 Å². The van der Waals surface area contributed by atoms with Gasteiger partial charge in [0.05, 0.1) is 0 Å². The summed E-state index contributed by atoms with van der Waals surface area (Å²) in [5.74, 6) is 0.399. The van der Waals surface area contributed by atoms with E-state index in [4.69, 9.17) is 11.6 Å². The summed E-state index contributed by atoms with van der Waals surface area (Å²) in [6.45, 7) is 3.24. The lowest BCUT2D eigenvalue weighted by molar-refractivity contribution is 0.0948. The van der Waals surface area contributed by atoms with Crippen LogP contribution in [-0.2, 0) is 13.0 Å². The van der Waals surface area contributed by atoms with Crippen LogP contribution in [0.25, 0.3) is 0 Å². The number of benzene rings is 2. The molecule has 0 aliphatic carbocycles. The van der Waals surface area contributed by atoms with Gasteiger partial charge in [0.15, 0.2) is 5.69 Å². The van der Waals surface area contributed by atoms with E-state index in [2.05, 4.69) is 46.0 Å². The first-order valence-electron chi connectivity index (χ1n) is 8.76. The minimum Gasteiger partial charge on any atom is -0.365 e. The summed E-state index contributed by atoms with van der Waals surface area (Å²) in [5.41, 5.74) is 3.79. The van der Waals surface area contributed by atoms with Gasteiger partial charge in [0.25, 0.3) is 5.91 Å². The van der Waals surface area contributed by atoms with Crippen LogP contribution in [0, 0.1) is 6.92 Å². The number of amides is 1. The summed E-state index contributed by atoms with van der Waals surface area (Å²) < 4.78 is 0. The summed E-state index contributed by atoms with van der Waals surface area (Å²) in [7, 11) is 0. The number of nitrogens with zero attached hydrogens (tertiary/aromatic N) is 2. The Bertz CT molecular complexity index is 895. The zero-order valence-corrected chi connectivity index (χ0v) is 15.8. The second kappa shape index (κ2) is 9.14. The molecule has 0 saturated heterocycles. The SMILES string of the molecule is Cc1cccc(CNc2ccc(C(=O)NCCc3ccc(Cl)cc3)nn2)c1. The third kappa shape index (κ3) is 5.79. The first-order chi connectivity index (χ1) is 13.1. The Hall–Kier alpha value is -2.92.